The molecule has 1 heterocycles. The molecule has 0 bridgehead atoms. The molecule has 2 aliphatic carbocycles. The van der Waals surface area contributed by atoms with Crippen molar-refractivity contribution in [1.82, 2.24) is 0 Å². The molecule has 166 valence electrons. The van der Waals surface area contributed by atoms with Crippen LogP contribution in [0.4, 0.5) is 0 Å². The highest BCUT2D eigenvalue weighted by Gasteiger charge is 2.46. The predicted octanol–water partition coefficient (Wildman–Crippen LogP) is 5.80. The zero-order chi connectivity index (χ0) is 22.7. The molecule has 5 heteroatoms. The molecule has 1 aromatic carbocycles. The number of rotatable bonds is 3. The first-order chi connectivity index (χ1) is 14.5. The highest BCUT2D eigenvalue weighted by molar-refractivity contribution is 6.00. The Morgan fingerprint density at radius 2 is 1.45 bits per heavy atom. The average molecular weight is 425 g/mol. The summed E-state index contributed by atoms with van der Waals surface area (Å²) in [5.41, 5.74) is 3.41. The first-order valence-electron chi connectivity index (χ1n) is 10.8. The van der Waals surface area contributed by atoms with Crippen LogP contribution in [0.3, 0.4) is 0 Å². The number of phenols is 1. The zero-order valence-electron chi connectivity index (χ0n) is 19.3. The van der Waals surface area contributed by atoms with E-state index < -0.39 is 0 Å². The van der Waals surface area contributed by atoms with E-state index in [1.807, 2.05) is 0 Å². The van der Waals surface area contributed by atoms with Crippen molar-refractivity contribution >= 4 is 5.78 Å². The molecular weight excluding hydrogens is 392 g/mol. The number of carbonyl (C=O) groups is 1. The standard InChI is InChI=1S/C26H32O5/c1-14-10-25(2,3)12-19-21(14)22(15-8-17(29-6)24(28)18(9-15)30-7)23-16(27)11-26(4,5)13-20(23)31-19/h8-9,22,28H,1,10-13H2,2-7H3. The van der Waals surface area contributed by atoms with Crippen molar-refractivity contribution in [1.29, 1.82) is 0 Å². The average Bonchev–Trinajstić information content (AvgIpc) is 2.64. The van der Waals surface area contributed by atoms with Crippen LogP contribution in [0.15, 0.2) is 46.9 Å². The van der Waals surface area contributed by atoms with E-state index in [9.17, 15) is 9.90 Å². The zero-order valence-corrected chi connectivity index (χ0v) is 19.3. The summed E-state index contributed by atoms with van der Waals surface area (Å²) in [5.74, 6) is 2.04. The number of benzene rings is 1. The fraction of sp³-hybridized carbons (Fsp3) is 0.500. The molecule has 31 heavy (non-hydrogen) atoms. The van der Waals surface area contributed by atoms with Gasteiger partial charge in [-0.05, 0) is 40.5 Å². The minimum atomic E-state index is -0.311. The van der Waals surface area contributed by atoms with Crippen molar-refractivity contribution in [3.63, 3.8) is 0 Å². The van der Waals surface area contributed by atoms with Gasteiger partial charge < -0.3 is 19.3 Å². The second kappa shape index (κ2) is 7.18. The van der Waals surface area contributed by atoms with Crippen LogP contribution in [0, 0.1) is 10.8 Å². The summed E-state index contributed by atoms with van der Waals surface area (Å²) >= 11 is 0. The summed E-state index contributed by atoms with van der Waals surface area (Å²) in [5, 5.41) is 10.4. The molecule has 0 fully saturated rings. The molecular formula is C26H32O5. The van der Waals surface area contributed by atoms with Gasteiger partial charge in [0.15, 0.2) is 17.3 Å². The van der Waals surface area contributed by atoms with Gasteiger partial charge in [-0.2, -0.15) is 0 Å². The Bertz CT molecular complexity index is 961. The van der Waals surface area contributed by atoms with Gasteiger partial charge in [0.05, 0.1) is 14.2 Å². The number of hydrogen-bond donors (Lipinski definition) is 1. The van der Waals surface area contributed by atoms with E-state index in [0.717, 1.165) is 41.1 Å². The lowest BCUT2D eigenvalue weighted by Crippen LogP contribution is -2.35. The molecule has 0 spiro atoms. The second-order valence-electron chi connectivity index (χ2n) is 10.5. The van der Waals surface area contributed by atoms with Crippen LogP contribution in [-0.4, -0.2) is 25.1 Å². The van der Waals surface area contributed by atoms with Gasteiger partial charge in [-0.1, -0.05) is 34.3 Å². The van der Waals surface area contributed by atoms with E-state index in [4.69, 9.17) is 14.2 Å². The number of methoxy groups -OCH3 is 2. The molecule has 1 unspecified atom stereocenters. The molecule has 0 saturated heterocycles. The fourth-order valence-electron chi connectivity index (χ4n) is 5.32. The van der Waals surface area contributed by atoms with E-state index in [2.05, 4.69) is 34.3 Å². The van der Waals surface area contributed by atoms with Gasteiger partial charge in [-0.15, -0.1) is 0 Å². The van der Waals surface area contributed by atoms with Crippen LogP contribution >= 0.6 is 0 Å². The number of hydrogen-bond acceptors (Lipinski definition) is 5. The van der Waals surface area contributed by atoms with Gasteiger partial charge in [0.25, 0.3) is 0 Å². The predicted molar refractivity (Wildman–Crippen MR) is 119 cm³/mol. The summed E-state index contributed by atoms with van der Waals surface area (Å²) in [6.07, 6.45) is 2.80. The maximum absolute atomic E-state index is 13.4. The minimum absolute atomic E-state index is 0.0387. The van der Waals surface area contributed by atoms with E-state index in [1.54, 1.807) is 12.1 Å². The molecule has 0 radical (unpaired) electrons. The summed E-state index contributed by atoms with van der Waals surface area (Å²) in [4.78, 5) is 13.4. The monoisotopic (exact) mass is 424 g/mol. The van der Waals surface area contributed by atoms with Gasteiger partial charge in [-0.3, -0.25) is 4.79 Å². The smallest absolute Gasteiger partial charge is 0.200 e. The largest absolute Gasteiger partial charge is 0.502 e. The Hall–Kier alpha value is -2.69. The lowest BCUT2D eigenvalue weighted by molar-refractivity contribution is -0.119. The molecule has 0 amide bonds. The summed E-state index contributed by atoms with van der Waals surface area (Å²) in [6.45, 7) is 13.0. The van der Waals surface area contributed by atoms with Crippen LogP contribution < -0.4 is 9.47 Å². The van der Waals surface area contributed by atoms with Crippen LogP contribution in [-0.2, 0) is 9.53 Å². The van der Waals surface area contributed by atoms with Crippen molar-refractivity contribution in [3.05, 3.63) is 52.5 Å². The molecule has 4 rings (SSSR count). The van der Waals surface area contributed by atoms with E-state index >= 15 is 0 Å². The summed E-state index contributed by atoms with van der Waals surface area (Å²) < 4.78 is 17.3. The minimum Gasteiger partial charge on any atom is -0.502 e. The van der Waals surface area contributed by atoms with Gasteiger partial charge in [0.1, 0.15) is 11.5 Å². The van der Waals surface area contributed by atoms with E-state index in [-0.39, 0.29) is 28.3 Å². The highest BCUT2D eigenvalue weighted by Crippen LogP contribution is 2.56. The Morgan fingerprint density at radius 1 is 0.935 bits per heavy atom. The van der Waals surface area contributed by atoms with Crippen molar-refractivity contribution < 1.29 is 24.1 Å². The third-order valence-corrected chi connectivity index (χ3v) is 6.55. The Kier molecular flexibility index (Phi) is 4.99. The van der Waals surface area contributed by atoms with Crippen LogP contribution in [0.5, 0.6) is 17.2 Å². The first kappa shape index (κ1) is 21.5. The van der Waals surface area contributed by atoms with Crippen LogP contribution in [0.1, 0.15) is 64.9 Å². The third-order valence-electron chi connectivity index (χ3n) is 6.55. The van der Waals surface area contributed by atoms with Crippen LogP contribution in [0.25, 0.3) is 0 Å². The van der Waals surface area contributed by atoms with E-state index in [1.165, 1.54) is 14.2 Å². The number of ether oxygens (including phenoxy) is 3. The summed E-state index contributed by atoms with van der Waals surface area (Å²) in [6, 6.07) is 3.59. The maximum atomic E-state index is 13.4. The normalized spacial score (nSPS) is 24.4. The van der Waals surface area contributed by atoms with Gasteiger partial charge >= 0.3 is 0 Å². The molecule has 0 saturated carbocycles. The van der Waals surface area contributed by atoms with Crippen molar-refractivity contribution in [2.75, 3.05) is 14.2 Å². The van der Waals surface area contributed by atoms with Gasteiger partial charge in [-0.25, -0.2) is 0 Å². The first-order valence-corrected chi connectivity index (χ1v) is 10.8. The maximum Gasteiger partial charge on any atom is 0.200 e. The quantitative estimate of drug-likeness (QED) is 0.665. The Balaban J connectivity index is 1.96. The van der Waals surface area contributed by atoms with Crippen molar-refractivity contribution in [2.24, 2.45) is 10.8 Å². The molecule has 5 nitrogen and oxygen atoms in total. The Morgan fingerprint density at radius 3 is 2.00 bits per heavy atom. The molecule has 1 N–H and O–H groups in total. The molecule has 3 aliphatic rings. The number of Topliss-reactive ketones (excluding diaryl/α,β-unsaturated/α-hetero) is 1. The number of aromatic hydroxyl groups is 1. The van der Waals surface area contributed by atoms with Gasteiger partial charge in [0, 0.05) is 36.3 Å². The van der Waals surface area contributed by atoms with E-state index in [0.29, 0.717) is 29.9 Å². The molecule has 0 aromatic heterocycles. The number of allylic oxidation sites excluding steroid dienone is 5. The second-order valence-corrected chi connectivity index (χ2v) is 10.5. The number of phenolic OH excluding ortho intramolecular Hbond substituents is 1. The molecule has 1 atom stereocenters. The van der Waals surface area contributed by atoms with Crippen molar-refractivity contribution in [3.8, 4) is 17.2 Å². The fourth-order valence-corrected chi connectivity index (χ4v) is 5.32. The molecule has 1 aromatic rings. The topological polar surface area (TPSA) is 65.0 Å². The number of ketones is 1. The highest BCUT2D eigenvalue weighted by atomic mass is 16.5. The lowest BCUT2D eigenvalue weighted by Gasteiger charge is -2.44. The number of carbonyl (C=O) groups excluding carboxylic acids is 1. The van der Waals surface area contributed by atoms with Crippen molar-refractivity contribution in [2.45, 2.75) is 59.3 Å². The summed E-state index contributed by atoms with van der Waals surface area (Å²) in [7, 11) is 3.02. The van der Waals surface area contributed by atoms with Crippen LogP contribution in [0.2, 0.25) is 0 Å². The third kappa shape index (κ3) is 3.64. The molecule has 1 aliphatic heterocycles. The van der Waals surface area contributed by atoms with Gasteiger partial charge in [0.2, 0.25) is 5.75 Å². The SMILES string of the molecule is C=C1CC(C)(C)CC2=C1C(c1cc(OC)c(O)c(OC)c1)C1=C(CC(C)(C)CC1=O)O2. The Labute approximate surface area is 184 Å². The lowest BCUT2D eigenvalue weighted by atomic mass is 9.65.